The van der Waals surface area contributed by atoms with Crippen molar-refractivity contribution >= 4 is 20.2 Å². The van der Waals surface area contributed by atoms with Crippen molar-refractivity contribution in [1.82, 2.24) is 0 Å². The third-order valence-corrected chi connectivity index (χ3v) is 5.73. The maximum atomic E-state index is 10.4. The second-order valence-corrected chi connectivity index (χ2v) is 9.18. The molecule has 0 rings (SSSR count). The number of unbranched alkanes of at least 4 members (excludes halogenated alkanes) is 2. The molecule has 0 radical (unpaired) electrons. The summed E-state index contributed by atoms with van der Waals surface area (Å²) in [7, 11) is -8.03. The Morgan fingerprint density at radius 2 is 0.960 bits per heavy atom. The summed E-state index contributed by atoms with van der Waals surface area (Å²) in [4.78, 5) is 0. The molecule has 0 N–H and O–H groups in total. The molecule has 0 aromatic heterocycles. The molecule has 0 saturated carbocycles. The summed E-state index contributed by atoms with van der Waals surface area (Å²) < 4.78 is 62.4. The summed E-state index contributed by atoms with van der Waals surface area (Å²) in [5.41, 5.74) is 0. The first kappa shape index (κ1) is 30.2. The number of hydrogen-bond acceptors (Lipinski definition) is 6. The van der Waals surface area contributed by atoms with Crippen LogP contribution in [-0.2, 0) is 39.7 Å². The van der Waals surface area contributed by atoms with E-state index in [1.54, 1.807) is 0 Å². The normalized spacial score (nSPS) is 14.0. The van der Waals surface area contributed by atoms with Crippen LogP contribution in [0.2, 0.25) is 0 Å². The summed E-state index contributed by atoms with van der Waals surface area (Å²) in [6, 6.07) is 0. The van der Waals surface area contributed by atoms with Crippen LogP contribution in [0.5, 0.6) is 0 Å². The Morgan fingerprint density at radius 3 is 1.12 bits per heavy atom. The van der Waals surface area contributed by atoms with E-state index in [-0.39, 0.29) is 42.8 Å². The van der Waals surface area contributed by atoms with Gasteiger partial charge in [-0.3, -0.25) is 0 Å². The van der Waals surface area contributed by atoms with Gasteiger partial charge in [-0.15, -0.1) is 0 Å². The van der Waals surface area contributed by atoms with E-state index in [0.29, 0.717) is 0 Å². The predicted octanol–water partition coefficient (Wildman–Crippen LogP) is 3.49. The maximum Gasteiger partial charge on any atom is 2.00 e. The minimum absolute atomic E-state index is 0. The van der Waals surface area contributed by atoms with Gasteiger partial charge in [-0.1, -0.05) is 66.2 Å². The van der Waals surface area contributed by atoms with Crippen LogP contribution in [0.1, 0.15) is 79.1 Å². The van der Waals surface area contributed by atoms with Crippen molar-refractivity contribution in [3.63, 3.8) is 0 Å². The largest absolute Gasteiger partial charge is 2.00 e. The first-order valence-electron chi connectivity index (χ1n) is 8.86. The topological polar surface area (TPSA) is 114 Å². The van der Waals surface area contributed by atoms with Gasteiger partial charge in [0.1, 0.15) is 0 Å². The van der Waals surface area contributed by atoms with Crippen molar-refractivity contribution in [2.24, 2.45) is 11.8 Å². The minimum atomic E-state index is -4.02. The van der Waals surface area contributed by atoms with Crippen molar-refractivity contribution in [2.75, 3.05) is 11.5 Å². The van der Waals surface area contributed by atoms with E-state index in [0.717, 1.165) is 51.4 Å². The summed E-state index contributed by atoms with van der Waals surface area (Å²) in [5.74, 6) is -0.257. The first-order chi connectivity index (χ1) is 11.0. The standard InChI is InChI=1S/2C8H18O3S.Zn/c2*1-3-5-6-8(4-2)7-12(9,10)11;/h2*8H,3-7H2,1-2H3,(H,9,10,11);/q;;+2/p-2. The zero-order chi connectivity index (χ0) is 19.2. The van der Waals surface area contributed by atoms with Crippen LogP contribution in [-0.4, -0.2) is 37.4 Å². The Labute approximate surface area is 167 Å². The van der Waals surface area contributed by atoms with Gasteiger partial charge in [0.2, 0.25) is 0 Å². The Balaban J connectivity index is -0.000000372. The number of rotatable bonds is 12. The molecule has 6 nitrogen and oxygen atoms in total. The fourth-order valence-electron chi connectivity index (χ4n) is 2.37. The van der Waals surface area contributed by atoms with E-state index in [4.69, 9.17) is 0 Å². The van der Waals surface area contributed by atoms with Crippen LogP contribution in [0.3, 0.4) is 0 Å². The minimum Gasteiger partial charge on any atom is -0.748 e. The molecule has 2 atom stereocenters. The second kappa shape index (κ2) is 16.6. The predicted molar refractivity (Wildman–Crippen MR) is 95.7 cm³/mol. The van der Waals surface area contributed by atoms with Gasteiger partial charge in [-0.25, -0.2) is 16.8 Å². The monoisotopic (exact) mass is 450 g/mol. The Bertz CT molecular complexity index is 445. The molecule has 0 spiro atoms. The molecule has 0 aliphatic heterocycles. The molecule has 9 heteroatoms. The molecule has 0 bridgehead atoms. The van der Waals surface area contributed by atoms with E-state index in [1.165, 1.54) is 0 Å². The van der Waals surface area contributed by atoms with Crippen LogP contribution >= 0.6 is 0 Å². The molecule has 25 heavy (non-hydrogen) atoms. The Hall–Kier alpha value is 0.443. The molecule has 0 fully saturated rings. The van der Waals surface area contributed by atoms with Gasteiger partial charge in [-0.05, 0) is 24.7 Å². The van der Waals surface area contributed by atoms with E-state index < -0.39 is 20.2 Å². The van der Waals surface area contributed by atoms with Crippen LogP contribution in [0.25, 0.3) is 0 Å². The third-order valence-electron chi connectivity index (χ3n) is 3.97. The van der Waals surface area contributed by atoms with Gasteiger partial charge >= 0.3 is 19.5 Å². The van der Waals surface area contributed by atoms with E-state index in [9.17, 15) is 25.9 Å². The number of hydrogen-bond donors (Lipinski definition) is 0. The molecule has 2 unspecified atom stereocenters. The molecule has 0 aromatic carbocycles. The van der Waals surface area contributed by atoms with E-state index in [1.807, 2.05) is 13.8 Å². The molecule has 0 aliphatic carbocycles. The summed E-state index contributed by atoms with van der Waals surface area (Å²) in [5, 5.41) is 0. The van der Waals surface area contributed by atoms with Crippen molar-refractivity contribution < 1.29 is 45.4 Å². The van der Waals surface area contributed by atoms with Crippen molar-refractivity contribution in [3.8, 4) is 0 Å². The fourth-order valence-corrected chi connectivity index (χ4v) is 4.33. The molecular weight excluding hydrogens is 418 g/mol. The maximum absolute atomic E-state index is 10.4. The van der Waals surface area contributed by atoms with Crippen molar-refractivity contribution in [1.29, 1.82) is 0 Å². The average Bonchev–Trinajstić information content (AvgIpc) is 2.46. The third kappa shape index (κ3) is 24.4. The summed E-state index contributed by atoms with van der Waals surface area (Å²) in [6.07, 6.45) is 7.39. The molecule has 0 saturated heterocycles. The molecule has 0 aromatic rings. The second-order valence-electron chi connectivity index (χ2n) is 6.28. The van der Waals surface area contributed by atoms with Gasteiger partial charge in [0.15, 0.2) is 0 Å². The SMILES string of the molecule is CCCCC(CC)CS(=O)(=O)[O-].CCCCC(CC)CS(=O)(=O)[O-].[Zn+2]. The van der Waals surface area contributed by atoms with Gasteiger partial charge < -0.3 is 9.11 Å². The van der Waals surface area contributed by atoms with Gasteiger partial charge in [0.25, 0.3) is 0 Å². The van der Waals surface area contributed by atoms with Crippen LogP contribution in [0.4, 0.5) is 0 Å². The smallest absolute Gasteiger partial charge is 0.748 e. The van der Waals surface area contributed by atoms with Gasteiger partial charge in [0, 0.05) is 11.5 Å². The quantitative estimate of drug-likeness (QED) is 0.331. The summed E-state index contributed by atoms with van der Waals surface area (Å²) in [6.45, 7) is 7.95. The molecule has 0 amide bonds. The average molecular weight is 452 g/mol. The van der Waals surface area contributed by atoms with Crippen molar-refractivity contribution in [3.05, 3.63) is 0 Å². The zero-order valence-corrected chi connectivity index (χ0v) is 20.8. The molecule has 148 valence electrons. The molecule has 0 aliphatic rings. The van der Waals surface area contributed by atoms with Crippen LogP contribution in [0, 0.1) is 11.8 Å². The molecular formula is C16H34O6S2Zn. The fraction of sp³-hybridized carbons (Fsp3) is 1.00. The Kier molecular flexibility index (Phi) is 20.0. The van der Waals surface area contributed by atoms with Gasteiger partial charge in [0.05, 0.1) is 20.2 Å². The summed E-state index contributed by atoms with van der Waals surface area (Å²) >= 11 is 0. The van der Waals surface area contributed by atoms with Crippen LogP contribution < -0.4 is 0 Å². The van der Waals surface area contributed by atoms with Crippen LogP contribution in [0.15, 0.2) is 0 Å². The first-order valence-corrected chi connectivity index (χ1v) is 12.0. The Morgan fingerprint density at radius 1 is 0.680 bits per heavy atom. The van der Waals surface area contributed by atoms with E-state index >= 15 is 0 Å². The van der Waals surface area contributed by atoms with Crippen molar-refractivity contribution in [2.45, 2.75) is 79.1 Å². The zero-order valence-electron chi connectivity index (χ0n) is 16.2. The van der Waals surface area contributed by atoms with Gasteiger partial charge in [-0.2, -0.15) is 0 Å². The molecule has 0 heterocycles. The van der Waals surface area contributed by atoms with E-state index in [2.05, 4.69) is 13.8 Å².